The Morgan fingerprint density at radius 1 is 1.00 bits per heavy atom. The summed E-state index contributed by atoms with van der Waals surface area (Å²) in [7, 11) is 4.36. The van der Waals surface area contributed by atoms with E-state index in [9.17, 15) is 0 Å². The van der Waals surface area contributed by atoms with E-state index in [0.29, 0.717) is 0 Å². The van der Waals surface area contributed by atoms with Gasteiger partial charge in [0.25, 0.3) is 0 Å². The van der Waals surface area contributed by atoms with Crippen LogP contribution in [0.4, 0.5) is 0 Å². The SMILES string of the molecule is CN(C)CCN(CC1CC[N-]CC1)C1CCC1.[CH3-].[K+]. The summed E-state index contributed by atoms with van der Waals surface area (Å²) in [5.41, 5.74) is 0. The fraction of sp³-hybridized carbons (Fsp3) is 0.933. The summed E-state index contributed by atoms with van der Waals surface area (Å²) in [6, 6.07) is 0.897. The van der Waals surface area contributed by atoms with E-state index in [0.717, 1.165) is 25.0 Å². The molecule has 0 radical (unpaired) electrons. The molecule has 0 amide bonds. The van der Waals surface area contributed by atoms with Crippen molar-refractivity contribution in [1.29, 1.82) is 0 Å². The first-order valence-corrected chi connectivity index (χ1v) is 7.28. The van der Waals surface area contributed by atoms with Gasteiger partial charge in [-0.2, -0.15) is 0 Å². The molecule has 0 aromatic rings. The molecule has 0 unspecified atom stereocenters. The Balaban J connectivity index is 0.00000162. The van der Waals surface area contributed by atoms with Gasteiger partial charge in [-0.05, 0) is 32.9 Å². The van der Waals surface area contributed by atoms with Crippen molar-refractivity contribution in [2.75, 3.05) is 46.8 Å². The Bertz CT molecular complexity index is 213. The number of hydrogen-bond donors (Lipinski definition) is 0. The number of piperidine rings is 1. The first-order valence-electron chi connectivity index (χ1n) is 7.28. The Kier molecular flexibility index (Phi) is 12.0. The van der Waals surface area contributed by atoms with Gasteiger partial charge in [-0.15, -0.1) is 13.1 Å². The smallest absolute Gasteiger partial charge is 0.662 e. The molecule has 3 nitrogen and oxygen atoms in total. The van der Waals surface area contributed by atoms with Gasteiger partial charge in [-0.1, -0.05) is 19.3 Å². The second kappa shape index (κ2) is 11.1. The second-order valence-corrected chi connectivity index (χ2v) is 6.00. The normalized spacial score (nSPS) is 20.8. The predicted molar refractivity (Wildman–Crippen MR) is 80.0 cm³/mol. The zero-order valence-electron chi connectivity index (χ0n) is 13.6. The average molecular weight is 293 g/mol. The molecule has 108 valence electrons. The van der Waals surface area contributed by atoms with Crippen molar-refractivity contribution < 1.29 is 51.4 Å². The Labute approximate surface area is 163 Å². The van der Waals surface area contributed by atoms with Gasteiger partial charge in [0.2, 0.25) is 0 Å². The van der Waals surface area contributed by atoms with Crippen LogP contribution in [0.15, 0.2) is 0 Å². The number of rotatable bonds is 6. The zero-order chi connectivity index (χ0) is 12.1. The fourth-order valence-corrected chi connectivity index (χ4v) is 2.82. The van der Waals surface area contributed by atoms with Crippen molar-refractivity contribution in [1.82, 2.24) is 9.80 Å². The molecule has 0 N–H and O–H groups in total. The molecule has 0 bridgehead atoms. The molecule has 1 heterocycles. The van der Waals surface area contributed by atoms with Crippen LogP contribution in [0.2, 0.25) is 0 Å². The minimum Gasteiger partial charge on any atom is -0.662 e. The van der Waals surface area contributed by atoms with E-state index in [2.05, 4.69) is 29.2 Å². The Morgan fingerprint density at radius 2 is 1.63 bits per heavy atom. The van der Waals surface area contributed by atoms with Gasteiger partial charge in [-0.25, -0.2) is 0 Å². The first-order chi connectivity index (χ1) is 8.25. The van der Waals surface area contributed by atoms with Crippen LogP contribution < -0.4 is 51.4 Å². The number of likely N-dealkylation sites (N-methyl/N-ethyl adjacent to an activating group) is 1. The summed E-state index contributed by atoms with van der Waals surface area (Å²) in [6.07, 6.45) is 6.97. The van der Waals surface area contributed by atoms with Crippen LogP contribution in [0, 0.1) is 13.3 Å². The van der Waals surface area contributed by atoms with Gasteiger partial charge in [0.1, 0.15) is 0 Å². The van der Waals surface area contributed by atoms with E-state index in [1.54, 1.807) is 0 Å². The minimum absolute atomic E-state index is 0. The first kappa shape index (κ1) is 20.5. The molecule has 0 spiro atoms. The second-order valence-electron chi connectivity index (χ2n) is 6.00. The van der Waals surface area contributed by atoms with Crippen molar-refractivity contribution >= 4 is 0 Å². The van der Waals surface area contributed by atoms with Crippen molar-refractivity contribution in [2.45, 2.75) is 38.1 Å². The molecule has 2 aliphatic rings. The molecular weight excluding hydrogens is 261 g/mol. The van der Waals surface area contributed by atoms with Gasteiger partial charge < -0.3 is 17.6 Å². The number of nitrogens with zero attached hydrogens (tertiary/aromatic N) is 3. The van der Waals surface area contributed by atoms with Gasteiger partial charge >= 0.3 is 51.4 Å². The van der Waals surface area contributed by atoms with Crippen LogP contribution in [0.5, 0.6) is 0 Å². The quantitative estimate of drug-likeness (QED) is 0.492. The van der Waals surface area contributed by atoms with E-state index in [4.69, 9.17) is 0 Å². The van der Waals surface area contributed by atoms with Crippen LogP contribution in [0.25, 0.3) is 5.32 Å². The molecule has 0 atom stereocenters. The maximum atomic E-state index is 4.46. The maximum Gasteiger partial charge on any atom is 1.00 e. The molecular formula is C15H31KN3-. The summed E-state index contributed by atoms with van der Waals surface area (Å²) >= 11 is 0. The molecule has 4 heteroatoms. The summed E-state index contributed by atoms with van der Waals surface area (Å²) in [5.74, 6) is 0.912. The molecule has 19 heavy (non-hydrogen) atoms. The molecule has 2 fully saturated rings. The Hall–Kier alpha value is 1.52. The monoisotopic (exact) mass is 292 g/mol. The third kappa shape index (κ3) is 7.36. The third-order valence-electron chi connectivity index (χ3n) is 4.31. The molecule has 1 saturated heterocycles. The van der Waals surface area contributed by atoms with Crippen LogP contribution in [0.1, 0.15) is 32.1 Å². The van der Waals surface area contributed by atoms with E-state index in [-0.39, 0.29) is 58.8 Å². The molecule has 0 aromatic heterocycles. The van der Waals surface area contributed by atoms with Crippen molar-refractivity contribution in [3.63, 3.8) is 0 Å². The third-order valence-corrected chi connectivity index (χ3v) is 4.31. The van der Waals surface area contributed by atoms with E-state index >= 15 is 0 Å². The van der Waals surface area contributed by atoms with Crippen LogP contribution in [0.3, 0.4) is 0 Å². The minimum atomic E-state index is 0. The standard InChI is InChI=1S/C14H28N3.CH3.K/c1-16(2)10-11-17(14-4-3-5-14)12-13-6-8-15-9-7-13;;/h13-14H,3-12H2,1-2H3;1H3;/q2*-1;+1. The van der Waals surface area contributed by atoms with Crippen molar-refractivity contribution in [3.8, 4) is 0 Å². The van der Waals surface area contributed by atoms with E-state index < -0.39 is 0 Å². The van der Waals surface area contributed by atoms with Crippen LogP contribution in [-0.4, -0.2) is 62.7 Å². The summed E-state index contributed by atoms with van der Waals surface area (Å²) < 4.78 is 0. The number of hydrogen-bond acceptors (Lipinski definition) is 2. The van der Waals surface area contributed by atoms with Crippen molar-refractivity contribution in [2.24, 2.45) is 5.92 Å². The van der Waals surface area contributed by atoms with Gasteiger partial charge in [0.15, 0.2) is 0 Å². The average Bonchev–Trinajstić information content (AvgIpc) is 2.25. The molecule has 2 rings (SSSR count). The van der Waals surface area contributed by atoms with Gasteiger partial charge in [0.05, 0.1) is 0 Å². The molecule has 1 saturated carbocycles. The molecule has 1 aliphatic heterocycles. The van der Waals surface area contributed by atoms with Crippen molar-refractivity contribution in [3.05, 3.63) is 12.7 Å². The zero-order valence-corrected chi connectivity index (χ0v) is 16.7. The van der Waals surface area contributed by atoms with E-state index in [1.165, 1.54) is 51.7 Å². The van der Waals surface area contributed by atoms with E-state index in [1.807, 2.05) is 0 Å². The Morgan fingerprint density at radius 3 is 2.11 bits per heavy atom. The topological polar surface area (TPSA) is 20.6 Å². The molecule has 1 aliphatic carbocycles. The van der Waals surface area contributed by atoms with Gasteiger partial charge in [0, 0.05) is 25.7 Å². The fourth-order valence-electron chi connectivity index (χ4n) is 2.82. The van der Waals surface area contributed by atoms with Gasteiger partial charge in [-0.3, -0.25) is 4.90 Å². The summed E-state index contributed by atoms with van der Waals surface area (Å²) in [4.78, 5) is 5.07. The molecule has 0 aromatic carbocycles. The summed E-state index contributed by atoms with van der Waals surface area (Å²) in [6.45, 7) is 6.00. The van der Waals surface area contributed by atoms with Crippen LogP contribution in [-0.2, 0) is 0 Å². The maximum absolute atomic E-state index is 4.46. The van der Waals surface area contributed by atoms with Crippen LogP contribution >= 0.6 is 0 Å². The predicted octanol–water partition coefficient (Wildman–Crippen LogP) is -0.360. The largest absolute Gasteiger partial charge is 1.00 e. The summed E-state index contributed by atoms with van der Waals surface area (Å²) in [5, 5.41) is 4.46.